The van der Waals surface area contributed by atoms with Gasteiger partial charge in [0, 0.05) is 34.4 Å². The Hall–Kier alpha value is -3.98. The van der Waals surface area contributed by atoms with E-state index in [4.69, 9.17) is 16.3 Å². The number of aromatic hydroxyl groups is 1. The fraction of sp³-hybridized carbons (Fsp3) is 0.167. The molecule has 172 valence electrons. The molecule has 0 amide bonds. The van der Waals surface area contributed by atoms with Crippen molar-refractivity contribution in [1.29, 1.82) is 0 Å². The zero-order valence-electron chi connectivity index (χ0n) is 18.4. The molecule has 2 N–H and O–H groups in total. The smallest absolute Gasteiger partial charge is 0.318 e. The van der Waals surface area contributed by atoms with Crippen molar-refractivity contribution in [2.24, 2.45) is 0 Å². The van der Waals surface area contributed by atoms with Gasteiger partial charge in [0.1, 0.15) is 5.82 Å². The number of rotatable bonds is 6. The number of nitrogens with one attached hydrogen (secondary N) is 1. The first-order valence-corrected chi connectivity index (χ1v) is 10.8. The van der Waals surface area contributed by atoms with Gasteiger partial charge in [-0.15, -0.1) is 0 Å². The van der Waals surface area contributed by atoms with Gasteiger partial charge in [-0.25, -0.2) is 4.39 Å². The summed E-state index contributed by atoms with van der Waals surface area (Å²) in [6, 6.07) is 12.7. The van der Waals surface area contributed by atoms with Gasteiger partial charge < -0.3 is 15.2 Å². The quantitative estimate of drug-likeness (QED) is 0.360. The summed E-state index contributed by atoms with van der Waals surface area (Å²) < 4.78 is 21.4. The van der Waals surface area contributed by atoms with Gasteiger partial charge in [0.2, 0.25) is 0 Å². The number of aryl methyl sites for hydroxylation is 1. The van der Waals surface area contributed by atoms with Crippen LogP contribution in [0.1, 0.15) is 16.8 Å². The zero-order chi connectivity index (χ0) is 23.8. The van der Waals surface area contributed by atoms with Gasteiger partial charge in [-0.3, -0.25) is 9.67 Å². The van der Waals surface area contributed by atoms with Crippen LogP contribution >= 0.6 is 11.6 Å². The Morgan fingerprint density at radius 1 is 1.12 bits per heavy atom. The number of fused-ring (bicyclic) bond motifs is 2. The summed E-state index contributed by atoms with van der Waals surface area (Å²) in [6.45, 7) is 2.45. The maximum absolute atomic E-state index is 14.7. The Bertz CT molecular complexity index is 1540. The van der Waals surface area contributed by atoms with E-state index in [1.54, 1.807) is 16.9 Å². The number of hydrogen-bond acceptors (Lipinski definition) is 7. The number of aromatic nitrogens is 5. The van der Waals surface area contributed by atoms with Crippen molar-refractivity contribution < 1.29 is 14.2 Å². The number of methoxy groups -OCH3 is 1. The van der Waals surface area contributed by atoms with Crippen LogP contribution in [0.15, 0.2) is 48.7 Å². The third kappa shape index (κ3) is 4.17. The average Bonchev–Trinajstić information content (AvgIpc) is 3.20. The van der Waals surface area contributed by atoms with Crippen molar-refractivity contribution in [3.63, 3.8) is 0 Å². The van der Waals surface area contributed by atoms with Gasteiger partial charge in [0.15, 0.2) is 17.2 Å². The standard InChI is InChI=1S/C24H20ClFN6O2/c1-13-3-5-15-6-4-14(9-19(15)28-13)11-32-12-17-22(29-24(33)30-23(17)31-32)27-10-16-18(25)7-8-20(34-2)21(16)26/h3-9,12H,10-11H2,1-2H3,(H2,27,29,30,31,33). The molecule has 0 aliphatic carbocycles. The van der Waals surface area contributed by atoms with E-state index in [9.17, 15) is 9.50 Å². The Balaban J connectivity index is 1.44. The third-order valence-electron chi connectivity index (χ3n) is 5.46. The van der Waals surface area contributed by atoms with Gasteiger partial charge >= 0.3 is 6.01 Å². The van der Waals surface area contributed by atoms with Crippen molar-refractivity contribution in [3.8, 4) is 11.8 Å². The van der Waals surface area contributed by atoms with Gasteiger partial charge in [0.25, 0.3) is 0 Å². The molecule has 0 unspecified atom stereocenters. The summed E-state index contributed by atoms with van der Waals surface area (Å²) >= 11 is 6.18. The van der Waals surface area contributed by atoms with Crippen LogP contribution in [0.25, 0.3) is 21.9 Å². The molecule has 0 aliphatic rings. The lowest BCUT2D eigenvalue weighted by Gasteiger charge is -2.11. The molecule has 0 fully saturated rings. The monoisotopic (exact) mass is 478 g/mol. The van der Waals surface area contributed by atoms with Crippen molar-refractivity contribution in [2.45, 2.75) is 20.0 Å². The van der Waals surface area contributed by atoms with E-state index in [0.29, 0.717) is 23.4 Å². The van der Waals surface area contributed by atoms with Crippen LogP contribution < -0.4 is 10.1 Å². The first-order chi connectivity index (χ1) is 16.4. The van der Waals surface area contributed by atoms with E-state index < -0.39 is 11.8 Å². The van der Waals surface area contributed by atoms with Gasteiger partial charge in [-0.05, 0) is 36.8 Å². The topological polar surface area (TPSA) is 98.0 Å². The van der Waals surface area contributed by atoms with E-state index in [1.165, 1.54) is 13.2 Å². The maximum Gasteiger partial charge on any atom is 0.318 e. The Labute approximate surface area is 199 Å². The molecule has 0 spiro atoms. The molecule has 0 atom stereocenters. The normalized spacial score (nSPS) is 11.3. The number of anilines is 1. The minimum atomic E-state index is -0.562. The third-order valence-corrected chi connectivity index (χ3v) is 5.81. The van der Waals surface area contributed by atoms with Crippen LogP contribution in [0.2, 0.25) is 5.02 Å². The first kappa shape index (κ1) is 21.8. The molecule has 3 aromatic heterocycles. The summed E-state index contributed by atoms with van der Waals surface area (Å²) in [5, 5.41) is 19.4. The molecule has 3 heterocycles. The van der Waals surface area contributed by atoms with E-state index in [1.807, 2.05) is 37.3 Å². The second-order valence-corrected chi connectivity index (χ2v) is 8.22. The van der Waals surface area contributed by atoms with E-state index >= 15 is 0 Å². The molecule has 0 saturated heterocycles. The van der Waals surface area contributed by atoms with Crippen molar-refractivity contribution >= 4 is 39.4 Å². The SMILES string of the molecule is COc1ccc(Cl)c(CNc2nc(O)nc3nn(Cc4ccc5ccc(C)nc5c4)cc23)c1F. The lowest BCUT2D eigenvalue weighted by molar-refractivity contribution is 0.384. The minimum Gasteiger partial charge on any atom is -0.494 e. The summed E-state index contributed by atoms with van der Waals surface area (Å²) in [5.41, 5.74) is 3.39. The number of hydrogen-bond donors (Lipinski definition) is 2. The number of pyridine rings is 1. The lowest BCUT2D eigenvalue weighted by atomic mass is 10.1. The van der Waals surface area contributed by atoms with Crippen LogP contribution in [0.5, 0.6) is 11.8 Å². The fourth-order valence-corrected chi connectivity index (χ4v) is 3.99. The number of ether oxygens (including phenoxy) is 1. The minimum absolute atomic E-state index is 0.0221. The van der Waals surface area contributed by atoms with Gasteiger partial charge in [0.05, 0.1) is 24.6 Å². The van der Waals surface area contributed by atoms with Crippen LogP contribution in [0.3, 0.4) is 0 Å². The molecule has 0 saturated carbocycles. The van der Waals surface area contributed by atoms with Crippen LogP contribution in [0.4, 0.5) is 10.2 Å². The average molecular weight is 479 g/mol. The summed E-state index contributed by atoms with van der Waals surface area (Å²) in [7, 11) is 1.39. The number of halogens is 2. The predicted octanol–water partition coefficient (Wildman–Crippen LogP) is 4.85. The number of nitrogens with zero attached hydrogens (tertiary/aromatic N) is 5. The molecular formula is C24H20ClFN6O2. The molecule has 2 aromatic carbocycles. The summed E-state index contributed by atoms with van der Waals surface area (Å²) in [5.74, 6) is -0.166. The largest absolute Gasteiger partial charge is 0.494 e. The van der Waals surface area contributed by atoms with Gasteiger partial charge in [-0.1, -0.05) is 29.8 Å². The molecule has 8 nitrogen and oxygen atoms in total. The summed E-state index contributed by atoms with van der Waals surface area (Å²) in [4.78, 5) is 12.7. The summed E-state index contributed by atoms with van der Waals surface area (Å²) in [6.07, 6.45) is 1.77. The van der Waals surface area contributed by atoms with E-state index in [-0.39, 0.29) is 22.9 Å². The van der Waals surface area contributed by atoms with Crippen molar-refractivity contribution in [3.05, 3.63) is 76.3 Å². The lowest BCUT2D eigenvalue weighted by Crippen LogP contribution is -2.06. The van der Waals surface area contributed by atoms with Crippen LogP contribution in [-0.4, -0.2) is 36.9 Å². The zero-order valence-corrected chi connectivity index (χ0v) is 19.1. The fourth-order valence-electron chi connectivity index (χ4n) is 3.77. The Kier molecular flexibility index (Phi) is 5.62. The highest BCUT2D eigenvalue weighted by Crippen LogP contribution is 2.29. The highest BCUT2D eigenvalue weighted by atomic mass is 35.5. The van der Waals surface area contributed by atoms with Crippen LogP contribution in [-0.2, 0) is 13.1 Å². The predicted molar refractivity (Wildman–Crippen MR) is 128 cm³/mol. The molecule has 5 rings (SSSR count). The molecule has 0 radical (unpaired) electrons. The second-order valence-electron chi connectivity index (χ2n) is 7.81. The van der Waals surface area contributed by atoms with Crippen molar-refractivity contribution in [2.75, 3.05) is 12.4 Å². The first-order valence-electron chi connectivity index (χ1n) is 10.5. The highest BCUT2D eigenvalue weighted by molar-refractivity contribution is 6.31. The second kappa shape index (κ2) is 8.75. The molecule has 0 bridgehead atoms. The highest BCUT2D eigenvalue weighted by Gasteiger charge is 2.16. The number of benzene rings is 2. The van der Waals surface area contributed by atoms with Crippen LogP contribution in [0, 0.1) is 12.7 Å². The maximum atomic E-state index is 14.7. The Morgan fingerprint density at radius 2 is 1.94 bits per heavy atom. The van der Waals surface area contributed by atoms with E-state index in [2.05, 4.69) is 25.4 Å². The van der Waals surface area contributed by atoms with E-state index in [0.717, 1.165) is 22.2 Å². The molecule has 34 heavy (non-hydrogen) atoms. The van der Waals surface area contributed by atoms with Gasteiger partial charge in [-0.2, -0.15) is 15.1 Å². The molecule has 0 aliphatic heterocycles. The molecule has 5 aromatic rings. The molecule has 10 heteroatoms. The Morgan fingerprint density at radius 3 is 2.76 bits per heavy atom. The van der Waals surface area contributed by atoms with Crippen molar-refractivity contribution in [1.82, 2.24) is 24.7 Å². The molecular weight excluding hydrogens is 459 g/mol.